The van der Waals surface area contributed by atoms with E-state index in [9.17, 15) is 18.1 Å². The summed E-state index contributed by atoms with van der Waals surface area (Å²) >= 11 is 0. The number of nitrogens with two attached hydrogens (primary N) is 2. The summed E-state index contributed by atoms with van der Waals surface area (Å²) in [4.78, 5) is 21.5. The third kappa shape index (κ3) is 4.26. The smallest absolute Gasteiger partial charge is 0.266 e. The molecule has 10 heteroatoms. The predicted molar refractivity (Wildman–Crippen MR) is 92.6 cm³/mol. The zero-order valence-electron chi connectivity index (χ0n) is 12.9. The molecule has 0 saturated heterocycles. The summed E-state index contributed by atoms with van der Waals surface area (Å²) in [7, 11) is -3.88. The number of hydrogen-bond acceptors (Lipinski definition) is 7. The molecule has 0 aliphatic carbocycles. The van der Waals surface area contributed by atoms with E-state index in [2.05, 4.69) is 5.29 Å². The lowest BCUT2D eigenvalue weighted by Crippen LogP contribution is -2.37. The SMILES string of the molecule is NN(N=O)C(=O)/C=C/c1ccc(N(N)S(=O)(=O)c2ccccc2)cc1. The lowest BCUT2D eigenvalue weighted by Gasteiger charge is -2.18. The number of amides is 1. The number of nitrogens with zero attached hydrogens (tertiary/aromatic N) is 3. The molecule has 0 aliphatic rings. The molecule has 2 aromatic rings. The second kappa shape index (κ2) is 7.66. The molecule has 0 aromatic heterocycles. The maximum atomic E-state index is 12.4. The highest BCUT2D eigenvalue weighted by molar-refractivity contribution is 7.92. The molecule has 2 rings (SSSR count). The standard InChI is InChI=1S/C15H15N5O4S/c16-19(18-22)15(21)11-8-12-6-9-13(10-7-12)20(17)25(23,24)14-4-2-1-3-5-14/h1-11H,16-17H2/b11-8+. The Morgan fingerprint density at radius 2 is 1.60 bits per heavy atom. The van der Waals surface area contributed by atoms with Crippen LogP contribution in [0.5, 0.6) is 0 Å². The number of sulfonamides is 1. The van der Waals surface area contributed by atoms with Gasteiger partial charge >= 0.3 is 0 Å². The number of carbonyl (C=O) groups excluding carboxylic acids is 1. The van der Waals surface area contributed by atoms with Crippen LogP contribution in [0.25, 0.3) is 6.08 Å². The molecule has 0 heterocycles. The minimum Gasteiger partial charge on any atom is -0.266 e. The van der Waals surface area contributed by atoms with Crippen molar-refractivity contribution in [3.05, 3.63) is 71.1 Å². The summed E-state index contributed by atoms with van der Waals surface area (Å²) in [5.41, 5.74) is 0.809. The Labute approximate surface area is 144 Å². The van der Waals surface area contributed by atoms with Gasteiger partial charge in [0.05, 0.1) is 15.9 Å². The first-order valence-corrected chi connectivity index (χ1v) is 8.35. The van der Waals surface area contributed by atoms with Crippen LogP contribution in [0.1, 0.15) is 5.56 Å². The van der Waals surface area contributed by atoms with Gasteiger partial charge in [0.15, 0.2) is 0 Å². The van der Waals surface area contributed by atoms with E-state index in [-0.39, 0.29) is 15.7 Å². The number of hydrogen-bond donors (Lipinski definition) is 2. The van der Waals surface area contributed by atoms with Gasteiger partial charge in [-0.1, -0.05) is 30.3 Å². The van der Waals surface area contributed by atoms with Crippen molar-refractivity contribution < 1.29 is 13.2 Å². The van der Waals surface area contributed by atoms with Crippen molar-refractivity contribution in [3.8, 4) is 0 Å². The minimum atomic E-state index is -3.88. The quantitative estimate of drug-likeness (QED) is 0.260. The number of anilines is 1. The average molecular weight is 361 g/mol. The second-order valence-electron chi connectivity index (χ2n) is 4.80. The number of rotatable bonds is 6. The lowest BCUT2D eigenvalue weighted by molar-refractivity contribution is -0.126. The van der Waals surface area contributed by atoms with Crippen LogP contribution >= 0.6 is 0 Å². The van der Waals surface area contributed by atoms with Gasteiger partial charge in [0.1, 0.15) is 0 Å². The van der Waals surface area contributed by atoms with Gasteiger partial charge in [0.2, 0.25) is 0 Å². The molecular weight excluding hydrogens is 346 g/mol. The topological polar surface area (TPSA) is 139 Å². The van der Waals surface area contributed by atoms with Crippen molar-refractivity contribution in [2.45, 2.75) is 4.90 Å². The van der Waals surface area contributed by atoms with Gasteiger partial charge in [-0.2, -0.15) is 8.42 Å². The lowest BCUT2D eigenvalue weighted by atomic mass is 10.2. The third-order valence-electron chi connectivity index (χ3n) is 3.18. The average Bonchev–Trinajstić information content (AvgIpc) is 2.65. The molecule has 2 aromatic carbocycles. The molecule has 0 spiro atoms. The van der Waals surface area contributed by atoms with Gasteiger partial charge in [0.25, 0.3) is 15.9 Å². The number of benzene rings is 2. The van der Waals surface area contributed by atoms with E-state index in [1.165, 1.54) is 30.3 Å². The Hall–Kier alpha value is -3.08. The first kappa shape index (κ1) is 18.3. The molecule has 0 aliphatic heterocycles. The minimum absolute atomic E-state index is 0.0662. The van der Waals surface area contributed by atoms with Crippen LogP contribution in [0, 0.1) is 4.91 Å². The maximum absolute atomic E-state index is 12.4. The summed E-state index contributed by atoms with van der Waals surface area (Å²) in [5, 5.41) is 2.42. The first-order valence-electron chi connectivity index (χ1n) is 6.91. The van der Waals surface area contributed by atoms with Crippen LogP contribution < -0.4 is 16.1 Å². The van der Waals surface area contributed by atoms with Gasteiger partial charge in [-0.05, 0) is 35.9 Å². The van der Waals surface area contributed by atoms with Gasteiger partial charge in [-0.15, -0.1) is 10.0 Å². The molecule has 1 amide bonds. The molecule has 130 valence electrons. The van der Waals surface area contributed by atoms with Crippen LogP contribution in [-0.4, -0.2) is 19.4 Å². The molecule has 25 heavy (non-hydrogen) atoms. The molecule has 4 N–H and O–H groups in total. The van der Waals surface area contributed by atoms with Crippen LogP contribution in [-0.2, 0) is 14.8 Å². The summed E-state index contributed by atoms with van der Waals surface area (Å²) in [6.07, 6.45) is 2.45. The molecule has 0 atom stereocenters. The fourth-order valence-corrected chi connectivity index (χ4v) is 2.99. The largest absolute Gasteiger partial charge is 0.284 e. The van der Waals surface area contributed by atoms with Crippen LogP contribution in [0.15, 0.2) is 70.9 Å². The van der Waals surface area contributed by atoms with Gasteiger partial charge in [-0.3, -0.25) is 4.79 Å². The van der Waals surface area contributed by atoms with Crippen molar-refractivity contribution in [3.63, 3.8) is 0 Å². The van der Waals surface area contributed by atoms with Crippen molar-refractivity contribution in [2.75, 3.05) is 4.41 Å². The van der Waals surface area contributed by atoms with E-state index in [1.807, 2.05) is 0 Å². The summed E-state index contributed by atoms with van der Waals surface area (Å²) in [5.74, 6) is 9.95. The predicted octanol–water partition coefficient (Wildman–Crippen LogP) is 1.15. The molecular formula is C15H15N5O4S. The first-order chi connectivity index (χ1) is 11.9. The number of carbonyl (C=O) groups is 1. The molecule has 0 unspecified atom stereocenters. The summed E-state index contributed by atoms with van der Waals surface area (Å²) in [6.45, 7) is 0. The van der Waals surface area contributed by atoms with E-state index in [1.54, 1.807) is 30.3 Å². The highest BCUT2D eigenvalue weighted by atomic mass is 32.2. The highest BCUT2D eigenvalue weighted by Gasteiger charge is 2.21. The van der Waals surface area contributed by atoms with E-state index in [0.717, 1.165) is 6.08 Å². The highest BCUT2D eigenvalue weighted by Crippen LogP contribution is 2.21. The summed E-state index contributed by atoms with van der Waals surface area (Å²) in [6, 6.07) is 13.8. The Morgan fingerprint density at radius 1 is 1.00 bits per heavy atom. The van der Waals surface area contributed by atoms with Gasteiger partial charge in [-0.25, -0.2) is 16.1 Å². The van der Waals surface area contributed by atoms with Crippen LogP contribution in [0.3, 0.4) is 0 Å². The van der Waals surface area contributed by atoms with E-state index in [0.29, 0.717) is 9.98 Å². The van der Waals surface area contributed by atoms with Crippen molar-refractivity contribution in [1.29, 1.82) is 0 Å². The zero-order chi connectivity index (χ0) is 18.4. The fourth-order valence-electron chi connectivity index (χ4n) is 1.86. The molecule has 0 fully saturated rings. The molecule has 9 nitrogen and oxygen atoms in total. The van der Waals surface area contributed by atoms with E-state index in [4.69, 9.17) is 11.7 Å². The maximum Gasteiger partial charge on any atom is 0.284 e. The van der Waals surface area contributed by atoms with E-state index >= 15 is 0 Å². The van der Waals surface area contributed by atoms with Crippen molar-refractivity contribution >= 4 is 27.7 Å². The van der Waals surface area contributed by atoms with Gasteiger partial charge < -0.3 is 0 Å². The third-order valence-corrected chi connectivity index (χ3v) is 4.78. The molecule has 0 saturated carbocycles. The van der Waals surface area contributed by atoms with Crippen LogP contribution in [0.2, 0.25) is 0 Å². The van der Waals surface area contributed by atoms with Crippen molar-refractivity contribution in [2.24, 2.45) is 17.0 Å². The van der Waals surface area contributed by atoms with E-state index < -0.39 is 15.9 Å². The number of nitroso groups, excluding NO2 is 1. The second-order valence-corrected chi connectivity index (χ2v) is 6.62. The Morgan fingerprint density at radius 3 is 2.16 bits per heavy atom. The summed E-state index contributed by atoms with van der Waals surface area (Å²) < 4.78 is 25.5. The Balaban J connectivity index is 2.18. The monoisotopic (exact) mass is 361 g/mol. The Bertz CT molecular complexity index is 882. The van der Waals surface area contributed by atoms with Crippen molar-refractivity contribution in [1.82, 2.24) is 5.12 Å². The zero-order valence-corrected chi connectivity index (χ0v) is 13.7. The Kier molecular flexibility index (Phi) is 5.60. The number of hydrazine groups is 2. The van der Waals surface area contributed by atoms with Crippen LogP contribution in [0.4, 0.5) is 5.69 Å². The molecule has 0 radical (unpaired) electrons. The fraction of sp³-hybridized carbons (Fsp3) is 0. The normalized spacial score (nSPS) is 11.3. The van der Waals surface area contributed by atoms with Gasteiger partial charge in [0, 0.05) is 6.08 Å². The molecule has 0 bridgehead atoms.